The van der Waals surface area contributed by atoms with Crippen molar-refractivity contribution in [3.8, 4) is 0 Å². The maximum Gasteiger partial charge on any atom is 0.274 e. The van der Waals surface area contributed by atoms with E-state index < -0.39 is 0 Å². The summed E-state index contributed by atoms with van der Waals surface area (Å²) in [5.74, 6) is 0.0958. The number of piperazine rings is 1. The summed E-state index contributed by atoms with van der Waals surface area (Å²) in [7, 11) is 0. The third kappa shape index (κ3) is 2.86. The second-order valence-electron chi connectivity index (χ2n) is 6.57. The summed E-state index contributed by atoms with van der Waals surface area (Å²) < 4.78 is 0. The summed E-state index contributed by atoms with van der Waals surface area (Å²) in [4.78, 5) is 21.7. The normalized spacial score (nSPS) is 24.6. The van der Waals surface area contributed by atoms with E-state index in [-0.39, 0.29) is 5.91 Å². The molecule has 0 radical (unpaired) electrons. The van der Waals surface area contributed by atoms with Gasteiger partial charge in [-0.1, -0.05) is 18.7 Å². The quantitative estimate of drug-likeness (QED) is 0.847. The Morgan fingerprint density at radius 3 is 2.74 bits per heavy atom. The molecule has 1 fully saturated rings. The molecule has 1 N–H and O–H groups in total. The number of aromatic nitrogens is 2. The van der Waals surface area contributed by atoms with Crippen molar-refractivity contribution >= 4 is 22.8 Å². The van der Waals surface area contributed by atoms with E-state index in [1.54, 1.807) is 0 Å². The number of hydrogen-bond acceptors (Lipinski definition) is 5. The Hall–Kier alpha value is -1.50. The number of carbonyl (C=O) groups is 1. The number of nitrogens with zero attached hydrogens (tertiary/aromatic N) is 4. The molecule has 3 aliphatic rings. The zero-order chi connectivity index (χ0) is 15.8. The van der Waals surface area contributed by atoms with Crippen LogP contribution in [0, 0.1) is 0 Å². The fourth-order valence-corrected chi connectivity index (χ4v) is 4.53. The molecule has 1 aromatic heterocycles. The Bertz CT molecular complexity index is 632. The molecule has 2 aliphatic heterocycles. The maximum absolute atomic E-state index is 12.8. The van der Waals surface area contributed by atoms with Crippen molar-refractivity contribution in [2.24, 2.45) is 4.99 Å². The van der Waals surface area contributed by atoms with Crippen molar-refractivity contribution in [1.29, 1.82) is 0 Å². The van der Waals surface area contributed by atoms with E-state index in [9.17, 15) is 4.79 Å². The highest BCUT2D eigenvalue weighted by atomic mass is 32.2. The Morgan fingerprint density at radius 2 is 2.00 bits per heavy atom. The summed E-state index contributed by atoms with van der Waals surface area (Å²) in [6.07, 6.45) is 4.37. The molecule has 1 aliphatic carbocycles. The molecule has 3 heterocycles. The zero-order valence-electron chi connectivity index (χ0n) is 13.5. The molecule has 0 aromatic carbocycles. The Kier molecular flexibility index (Phi) is 4.05. The van der Waals surface area contributed by atoms with E-state index >= 15 is 0 Å². The number of amidine groups is 1. The van der Waals surface area contributed by atoms with Crippen molar-refractivity contribution in [3.05, 3.63) is 17.0 Å². The molecule has 0 saturated carbocycles. The number of rotatable bonds is 1. The van der Waals surface area contributed by atoms with Crippen LogP contribution in [0.1, 0.15) is 41.5 Å². The Morgan fingerprint density at radius 1 is 1.22 bits per heavy atom. The summed E-state index contributed by atoms with van der Waals surface area (Å²) in [5.41, 5.74) is 2.99. The Labute approximate surface area is 140 Å². The van der Waals surface area contributed by atoms with Gasteiger partial charge in [0, 0.05) is 42.7 Å². The fourth-order valence-electron chi connectivity index (χ4n) is 3.54. The smallest absolute Gasteiger partial charge is 0.274 e. The number of thioether (sulfide) groups is 1. The predicted octanol–water partition coefficient (Wildman–Crippen LogP) is 1.54. The molecule has 0 spiro atoms. The summed E-state index contributed by atoms with van der Waals surface area (Å²) in [6, 6.07) is 0. The van der Waals surface area contributed by atoms with Gasteiger partial charge in [0.15, 0.2) is 10.9 Å². The number of H-pyrrole nitrogens is 1. The maximum atomic E-state index is 12.8. The van der Waals surface area contributed by atoms with Crippen molar-refractivity contribution in [2.75, 3.05) is 32.7 Å². The molecule has 0 bridgehead atoms. The van der Waals surface area contributed by atoms with Gasteiger partial charge in [0.25, 0.3) is 5.91 Å². The highest BCUT2D eigenvalue weighted by Crippen LogP contribution is 2.25. The highest BCUT2D eigenvalue weighted by molar-refractivity contribution is 8.14. The van der Waals surface area contributed by atoms with Gasteiger partial charge in [-0.15, -0.1) is 0 Å². The van der Waals surface area contributed by atoms with Crippen molar-refractivity contribution < 1.29 is 4.79 Å². The Balaban J connectivity index is 1.40. The lowest BCUT2D eigenvalue weighted by atomic mass is 9.95. The molecule has 1 amide bonds. The number of aryl methyl sites for hydroxylation is 1. The van der Waals surface area contributed by atoms with E-state index in [1.165, 1.54) is 12.1 Å². The molecular weight excluding hydrogens is 310 g/mol. The molecule has 1 atom stereocenters. The SMILES string of the molecule is CC1CN=C(N2CCN(C(=O)c3n[nH]c4c3CCCC4)CC2)S1. The minimum Gasteiger partial charge on any atom is -0.348 e. The van der Waals surface area contributed by atoms with Crippen LogP contribution in [-0.4, -0.2) is 69.0 Å². The lowest BCUT2D eigenvalue weighted by Crippen LogP contribution is -2.50. The highest BCUT2D eigenvalue weighted by Gasteiger charge is 2.30. The van der Waals surface area contributed by atoms with Crippen molar-refractivity contribution in [3.63, 3.8) is 0 Å². The first-order valence-electron chi connectivity index (χ1n) is 8.54. The van der Waals surface area contributed by atoms with E-state index in [4.69, 9.17) is 0 Å². The van der Waals surface area contributed by atoms with Crippen molar-refractivity contribution in [1.82, 2.24) is 20.0 Å². The molecule has 4 rings (SSSR count). The van der Waals surface area contributed by atoms with Gasteiger partial charge in [-0.25, -0.2) is 0 Å². The third-order valence-corrected chi connectivity index (χ3v) is 6.04. The molecule has 1 aromatic rings. The average Bonchev–Trinajstić information content (AvgIpc) is 3.21. The van der Waals surface area contributed by atoms with Crippen LogP contribution in [0.3, 0.4) is 0 Å². The number of carbonyl (C=O) groups excluding carboxylic acids is 1. The van der Waals surface area contributed by atoms with E-state index in [0.717, 1.165) is 62.7 Å². The lowest BCUT2D eigenvalue weighted by molar-refractivity contribution is 0.0686. The zero-order valence-corrected chi connectivity index (χ0v) is 14.4. The molecular formula is C16H23N5OS. The molecule has 1 unspecified atom stereocenters. The molecule has 124 valence electrons. The summed E-state index contributed by atoms with van der Waals surface area (Å²) >= 11 is 1.85. The number of hydrogen-bond donors (Lipinski definition) is 1. The van der Waals surface area contributed by atoms with Gasteiger partial charge in [0.1, 0.15) is 0 Å². The van der Waals surface area contributed by atoms with Gasteiger partial charge in [0.05, 0.1) is 6.54 Å². The number of nitrogens with one attached hydrogen (secondary N) is 1. The number of aliphatic imine (C=N–C) groups is 1. The number of amides is 1. The number of aromatic amines is 1. The van der Waals surface area contributed by atoms with Gasteiger partial charge in [-0.05, 0) is 25.7 Å². The van der Waals surface area contributed by atoms with Crippen LogP contribution in [0.15, 0.2) is 4.99 Å². The monoisotopic (exact) mass is 333 g/mol. The number of fused-ring (bicyclic) bond motifs is 1. The van der Waals surface area contributed by atoms with Crippen LogP contribution in [-0.2, 0) is 12.8 Å². The third-order valence-electron chi connectivity index (χ3n) is 4.89. The minimum absolute atomic E-state index is 0.0958. The topological polar surface area (TPSA) is 64.6 Å². The van der Waals surface area contributed by atoms with E-state index in [2.05, 4.69) is 27.0 Å². The molecule has 6 nitrogen and oxygen atoms in total. The van der Waals surface area contributed by atoms with Crippen LogP contribution in [0.5, 0.6) is 0 Å². The van der Waals surface area contributed by atoms with Crippen LogP contribution in [0.2, 0.25) is 0 Å². The molecule has 1 saturated heterocycles. The largest absolute Gasteiger partial charge is 0.348 e. The predicted molar refractivity (Wildman–Crippen MR) is 92.1 cm³/mol. The summed E-state index contributed by atoms with van der Waals surface area (Å²) in [6.45, 7) is 6.39. The van der Waals surface area contributed by atoms with Crippen LogP contribution in [0.25, 0.3) is 0 Å². The molecule has 23 heavy (non-hydrogen) atoms. The lowest BCUT2D eigenvalue weighted by Gasteiger charge is -2.35. The second-order valence-corrected chi connectivity index (χ2v) is 7.97. The first-order valence-corrected chi connectivity index (χ1v) is 9.42. The first kappa shape index (κ1) is 15.1. The first-order chi connectivity index (χ1) is 11.2. The van der Waals surface area contributed by atoms with Gasteiger partial charge < -0.3 is 9.80 Å². The average molecular weight is 333 g/mol. The fraction of sp³-hybridized carbons (Fsp3) is 0.688. The van der Waals surface area contributed by atoms with E-state index in [1.807, 2.05) is 16.7 Å². The van der Waals surface area contributed by atoms with E-state index in [0.29, 0.717) is 10.9 Å². The van der Waals surface area contributed by atoms with Crippen LogP contribution < -0.4 is 0 Å². The van der Waals surface area contributed by atoms with Crippen LogP contribution >= 0.6 is 11.8 Å². The standard InChI is InChI=1S/C16H23N5OS/c1-11-10-17-16(23-11)21-8-6-20(7-9-21)15(22)14-12-4-2-3-5-13(12)18-19-14/h11H,2-10H2,1H3,(H,18,19). The van der Waals surface area contributed by atoms with Crippen molar-refractivity contribution in [2.45, 2.75) is 37.9 Å². The van der Waals surface area contributed by atoms with Gasteiger partial charge in [-0.3, -0.25) is 14.9 Å². The minimum atomic E-state index is 0.0958. The van der Waals surface area contributed by atoms with Gasteiger partial charge in [0.2, 0.25) is 0 Å². The second kappa shape index (κ2) is 6.19. The van der Waals surface area contributed by atoms with Crippen LogP contribution in [0.4, 0.5) is 0 Å². The molecule has 7 heteroatoms. The van der Waals surface area contributed by atoms with Gasteiger partial charge in [-0.2, -0.15) is 5.10 Å². The van der Waals surface area contributed by atoms with Gasteiger partial charge >= 0.3 is 0 Å². The summed E-state index contributed by atoms with van der Waals surface area (Å²) in [5, 5.41) is 9.13.